The van der Waals surface area contributed by atoms with Crippen molar-refractivity contribution in [2.75, 3.05) is 25.7 Å². The van der Waals surface area contributed by atoms with Gasteiger partial charge in [-0.3, -0.25) is 0 Å². The van der Waals surface area contributed by atoms with Gasteiger partial charge in [0.05, 0.1) is 6.04 Å². The molecule has 0 bridgehead atoms. The summed E-state index contributed by atoms with van der Waals surface area (Å²) in [5.41, 5.74) is 0.367. The third-order valence-electron chi connectivity index (χ3n) is 3.46. The summed E-state index contributed by atoms with van der Waals surface area (Å²) in [5, 5.41) is 3.64. The van der Waals surface area contributed by atoms with Gasteiger partial charge in [-0.05, 0) is 24.5 Å². The first-order valence-electron chi connectivity index (χ1n) is 5.90. The van der Waals surface area contributed by atoms with Gasteiger partial charge < -0.3 is 14.8 Å². The van der Waals surface area contributed by atoms with Crippen molar-refractivity contribution in [2.45, 2.75) is 45.6 Å². The van der Waals surface area contributed by atoms with Crippen LogP contribution in [0.2, 0.25) is 0 Å². The summed E-state index contributed by atoms with van der Waals surface area (Å²) < 4.78 is 10.6. The van der Waals surface area contributed by atoms with E-state index < -0.39 is 0 Å². The fraction of sp³-hybridized carbons (Fsp3) is 1.00. The summed E-state index contributed by atoms with van der Waals surface area (Å²) in [6.45, 7) is 6.80. The Labute approximate surface area is 104 Å². The van der Waals surface area contributed by atoms with E-state index in [0.717, 1.165) is 0 Å². The number of thioether (sulfide) groups is 1. The topological polar surface area (TPSA) is 30.5 Å². The quantitative estimate of drug-likeness (QED) is 0.754. The highest BCUT2D eigenvalue weighted by atomic mass is 32.2. The molecule has 0 radical (unpaired) electrons. The van der Waals surface area contributed by atoms with E-state index in [1.165, 1.54) is 17.9 Å². The van der Waals surface area contributed by atoms with E-state index >= 15 is 0 Å². The van der Waals surface area contributed by atoms with E-state index in [1.807, 2.05) is 11.8 Å². The van der Waals surface area contributed by atoms with Crippen LogP contribution in [0.25, 0.3) is 0 Å². The molecule has 1 rings (SSSR count). The number of hydrogen-bond donors (Lipinski definition) is 1. The third-order valence-corrected chi connectivity index (χ3v) is 4.52. The second kappa shape index (κ2) is 6.24. The molecule has 1 heterocycles. The van der Waals surface area contributed by atoms with Crippen molar-refractivity contribution < 1.29 is 9.47 Å². The minimum atomic E-state index is -0.164. The van der Waals surface area contributed by atoms with Crippen molar-refractivity contribution in [3.05, 3.63) is 0 Å². The van der Waals surface area contributed by atoms with Crippen molar-refractivity contribution in [1.82, 2.24) is 5.32 Å². The van der Waals surface area contributed by atoms with Gasteiger partial charge in [-0.1, -0.05) is 13.8 Å². The lowest BCUT2D eigenvalue weighted by Crippen LogP contribution is -2.53. The highest BCUT2D eigenvalue weighted by Crippen LogP contribution is 2.34. The SMILES string of the molecule is COC(OC)C(C)NC1CSCCC1(C)C. The zero-order valence-electron chi connectivity index (χ0n) is 11.1. The van der Waals surface area contributed by atoms with Gasteiger partial charge in [0.15, 0.2) is 6.29 Å². The highest BCUT2D eigenvalue weighted by Gasteiger charge is 2.34. The van der Waals surface area contributed by atoms with Crippen LogP contribution in [0.1, 0.15) is 27.2 Å². The molecule has 1 aliphatic heterocycles. The second-order valence-corrected chi connectivity index (χ2v) is 6.31. The molecule has 1 aliphatic rings. The van der Waals surface area contributed by atoms with E-state index in [0.29, 0.717) is 11.5 Å². The van der Waals surface area contributed by atoms with Crippen LogP contribution in [-0.2, 0) is 9.47 Å². The van der Waals surface area contributed by atoms with Crippen molar-refractivity contribution in [3.8, 4) is 0 Å². The Kier molecular flexibility index (Phi) is 5.57. The Morgan fingerprint density at radius 2 is 1.94 bits per heavy atom. The van der Waals surface area contributed by atoms with E-state index in [-0.39, 0.29) is 12.3 Å². The molecule has 2 atom stereocenters. The number of nitrogens with one attached hydrogen (secondary N) is 1. The highest BCUT2D eigenvalue weighted by molar-refractivity contribution is 7.99. The van der Waals surface area contributed by atoms with Crippen LogP contribution >= 0.6 is 11.8 Å². The van der Waals surface area contributed by atoms with Crippen molar-refractivity contribution >= 4 is 11.8 Å². The van der Waals surface area contributed by atoms with E-state index in [4.69, 9.17) is 9.47 Å². The maximum absolute atomic E-state index is 5.28. The molecule has 4 heteroatoms. The Hall–Kier alpha value is 0.230. The van der Waals surface area contributed by atoms with Crippen LogP contribution in [-0.4, -0.2) is 44.1 Å². The summed E-state index contributed by atoms with van der Waals surface area (Å²) >= 11 is 2.03. The number of rotatable bonds is 5. The van der Waals surface area contributed by atoms with Crippen LogP contribution < -0.4 is 5.32 Å². The number of ether oxygens (including phenoxy) is 2. The smallest absolute Gasteiger partial charge is 0.171 e. The molecule has 0 spiro atoms. The Bertz CT molecular complexity index is 207. The van der Waals surface area contributed by atoms with Crippen LogP contribution in [0.3, 0.4) is 0 Å². The zero-order chi connectivity index (χ0) is 12.2. The molecule has 1 fully saturated rings. The Morgan fingerprint density at radius 3 is 2.44 bits per heavy atom. The van der Waals surface area contributed by atoms with Gasteiger partial charge in [-0.15, -0.1) is 0 Å². The molecule has 0 aromatic carbocycles. The van der Waals surface area contributed by atoms with Gasteiger partial charge in [0.1, 0.15) is 0 Å². The van der Waals surface area contributed by atoms with Gasteiger partial charge in [0.2, 0.25) is 0 Å². The summed E-state index contributed by atoms with van der Waals surface area (Å²) in [7, 11) is 3.38. The number of methoxy groups -OCH3 is 2. The Balaban J connectivity index is 2.51. The first-order chi connectivity index (χ1) is 7.51. The van der Waals surface area contributed by atoms with Gasteiger partial charge in [-0.25, -0.2) is 0 Å². The van der Waals surface area contributed by atoms with E-state index in [1.54, 1.807) is 14.2 Å². The zero-order valence-corrected chi connectivity index (χ0v) is 11.9. The molecular weight excluding hydrogens is 222 g/mol. The molecule has 0 aliphatic carbocycles. The monoisotopic (exact) mass is 247 g/mol. The fourth-order valence-electron chi connectivity index (χ4n) is 2.11. The molecule has 96 valence electrons. The molecule has 1 saturated heterocycles. The normalized spacial score (nSPS) is 27.0. The molecule has 0 saturated carbocycles. The fourth-order valence-corrected chi connectivity index (χ4v) is 3.73. The van der Waals surface area contributed by atoms with Crippen molar-refractivity contribution in [2.24, 2.45) is 5.41 Å². The van der Waals surface area contributed by atoms with Gasteiger partial charge in [0, 0.05) is 26.0 Å². The van der Waals surface area contributed by atoms with Gasteiger partial charge in [0.25, 0.3) is 0 Å². The van der Waals surface area contributed by atoms with E-state index in [2.05, 4.69) is 26.1 Å². The summed E-state index contributed by atoms with van der Waals surface area (Å²) in [4.78, 5) is 0. The first-order valence-corrected chi connectivity index (χ1v) is 7.06. The summed E-state index contributed by atoms with van der Waals surface area (Å²) in [6, 6.07) is 0.757. The molecular formula is C12H25NO2S. The lowest BCUT2D eigenvalue weighted by molar-refractivity contribution is -0.122. The molecule has 1 N–H and O–H groups in total. The van der Waals surface area contributed by atoms with E-state index in [9.17, 15) is 0 Å². The summed E-state index contributed by atoms with van der Waals surface area (Å²) in [5.74, 6) is 2.45. The lowest BCUT2D eigenvalue weighted by atomic mass is 9.82. The standard InChI is InChI=1S/C12H25NO2S/c1-9(11(14-4)15-5)13-10-8-16-7-6-12(10,2)3/h9-11,13H,6-8H2,1-5H3. The molecule has 2 unspecified atom stereocenters. The number of hydrogen-bond acceptors (Lipinski definition) is 4. The first kappa shape index (κ1) is 14.3. The molecule has 0 amide bonds. The van der Waals surface area contributed by atoms with Crippen LogP contribution in [0.15, 0.2) is 0 Å². The Morgan fingerprint density at radius 1 is 1.31 bits per heavy atom. The van der Waals surface area contributed by atoms with Crippen LogP contribution in [0.4, 0.5) is 0 Å². The lowest BCUT2D eigenvalue weighted by Gasteiger charge is -2.41. The predicted octanol–water partition coefficient (Wildman–Crippen LogP) is 2.12. The predicted molar refractivity (Wildman–Crippen MR) is 69.9 cm³/mol. The minimum absolute atomic E-state index is 0.164. The molecule has 16 heavy (non-hydrogen) atoms. The average molecular weight is 247 g/mol. The van der Waals surface area contributed by atoms with Gasteiger partial charge >= 0.3 is 0 Å². The largest absolute Gasteiger partial charge is 0.354 e. The second-order valence-electron chi connectivity index (χ2n) is 5.16. The summed E-state index contributed by atoms with van der Waals surface area (Å²) in [6.07, 6.45) is 1.11. The maximum atomic E-state index is 5.28. The van der Waals surface area contributed by atoms with Crippen molar-refractivity contribution in [3.63, 3.8) is 0 Å². The average Bonchev–Trinajstić information content (AvgIpc) is 2.23. The molecule has 0 aromatic heterocycles. The van der Waals surface area contributed by atoms with Crippen molar-refractivity contribution in [1.29, 1.82) is 0 Å². The third kappa shape index (κ3) is 3.62. The molecule has 3 nitrogen and oxygen atoms in total. The molecule has 0 aromatic rings. The van der Waals surface area contributed by atoms with Crippen LogP contribution in [0.5, 0.6) is 0 Å². The van der Waals surface area contributed by atoms with Crippen LogP contribution in [0, 0.1) is 5.41 Å². The maximum Gasteiger partial charge on any atom is 0.171 e. The minimum Gasteiger partial charge on any atom is -0.354 e. The van der Waals surface area contributed by atoms with Gasteiger partial charge in [-0.2, -0.15) is 11.8 Å².